The summed E-state index contributed by atoms with van der Waals surface area (Å²) in [5.41, 5.74) is 0.352. The molecule has 0 saturated heterocycles. The highest BCUT2D eigenvalue weighted by atomic mass is 32.2. The minimum Gasteiger partial charge on any atom is -0.392 e. The van der Waals surface area contributed by atoms with E-state index >= 15 is 0 Å². The normalized spacial score (nSPS) is 12.1. The Kier molecular flexibility index (Phi) is 5.25. The third-order valence-corrected chi connectivity index (χ3v) is 4.63. The maximum atomic E-state index is 13.8. The number of nitrogens with zero attached hydrogens (tertiary/aromatic N) is 1. The van der Waals surface area contributed by atoms with Gasteiger partial charge >= 0.3 is 0 Å². The molecule has 0 unspecified atom stereocenters. The fraction of sp³-hybridized carbons (Fsp3) is 0.500. The topological polar surface area (TPSA) is 57.6 Å². The van der Waals surface area contributed by atoms with E-state index in [1.165, 1.54) is 16.4 Å². The Bertz CT molecular complexity index is 502. The second-order valence-corrected chi connectivity index (χ2v) is 5.83. The Balaban J connectivity index is 3.19. The van der Waals surface area contributed by atoms with Crippen molar-refractivity contribution in [2.75, 3.05) is 13.1 Å². The highest BCUT2D eigenvalue weighted by Crippen LogP contribution is 2.20. The van der Waals surface area contributed by atoms with Crippen molar-refractivity contribution >= 4 is 10.0 Å². The van der Waals surface area contributed by atoms with Crippen molar-refractivity contribution in [1.29, 1.82) is 0 Å². The molecule has 1 rings (SSSR count). The van der Waals surface area contributed by atoms with Crippen molar-refractivity contribution in [3.8, 4) is 0 Å². The van der Waals surface area contributed by atoms with Gasteiger partial charge in [-0.2, -0.15) is 4.31 Å². The number of hydrogen-bond donors (Lipinski definition) is 1. The van der Waals surface area contributed by atoms with Gasteiger partial charge in [-0.15, -0.1) is 0 Å². The van der Waals surface area contributed by atoms with E-state index in [-0.39, 0.29) is 11.5 Å². The molecule has 0 bridgehead atoms. The molecule has 1 aromatic carbocycles. The minimum atomic E-state index is -3.79. The Hall–Kier alpha value is -0.980. The van der Waals surface area contributed by atoms with E-state index in [0.29, 0.717) is 25.1 Å². The van der Waals surface area contributed by atoms with E-state index in [1.54, 1.807) is 6.92 Å². The van der Waals surface area contributed by atoms with Crippen molar-refractivity contribution in [1.82, 2.24) is 4.31 Å². The third-order valence-electron chi connectivity index (χ3n) is 2.62. The summed E-state index contributed by atoms with van der Waals surface area (Å²) in [4.78, 5) is -0.338. The van der Waals surface area contributed by atoms with Crippen molar-refractivity contribution in [2.24, 2.45) is 0 Å². The van der Waals surface area contributed by atoms with E-state index in [4.69, 9.17) is 5.11 Å². The van der Waals surface area contributed by atoms with Gasteiger partial charge in [-0.05, 0) is 24.1 Å². The second-order valence-electron chi connectivity index (χ2n) is 3.92. The van der Waals surface area contributed by atoms with Crippen LogP contribution >= 0.6 is 0 Å². The fourth-order valence-corrected chi connectivity index (χ4v) is 3.28. The predicted octanol–water partition coefficient (Wildman–Crippen LogP) is 1.74. The zero-order valence-corrected chi connectivity index (χ0v) is 11.4. The average Bonchev–Trinajstić information content (AvgIpc) is 2.35. The zero-order chi connectivity index (χ0) is 13.8. The standard InChI is InChI=1S/C12H18FNO3S/c1-3-7-14(4-2)18(16,17)12-6-5-10(9-15)8-11(12)13/h5-6,8,15H,3-4,7,9H2,1-2H3. The summed E-state index contributed by atoms with van der Waals surface area (Å²) in [5, 5.41) is 8.87. The molecule has 0 radical (unpaired) electrons. The lowest BCUT2D eigenvalue weighted by Crippen LogP contribution is -2.32. The first-order valence-corrected chi connectivity index (χ1v) is 7.30. The molecule has 0 spiro atoms. The van der Waals surface area contributed by atoms with Gasteiger partial charge in [0.05, 0.1) is 6.61 Å². The first-order valence-electron chi connectivity index (χ1n) is 5.86. The zero-order valence-electron chi connectivity index (χ0n) is 10.6. The molecular formula is C12H18FNO3S. The van der Waals surface area contributed by atoms with E-state index in [2.05, 4.69) is 0 Å². The van der Waals surface area contributed by atoms with Crippen molar-refractivity contribution < 1.29 is 17.9 Å². The lowest BCUT2D eigenvalue weighted by Gasteiger charge is -2.20. The molecule has 0 aliphatic heterocycles. The molecule has 0 saturated carbocycles. The van der Waals surface area contributed by atoms with Gasteiger partial charge in [-0.3, -0.25) is 0 Å². The molecule has 102 valence electrons. The number of rotatable bonds is 6. The van der Waals surface area contributed by atoms with Gasteiger partial charge < -0.3 is 5.11 Å². The molecule has 0 aliphatic rings. The van der Waals surface area contributed by atoms with Crippen LogP contribution in [0, 0.1) is 5.82 Å². The smallest absolute Gasteiger partial charge is 0.245 e. The Labute approximate surface area is 107 Å². The molecule has 0 fully saturated rings. The molecule has 0 aromatic heterocycles. The molecular weight excluding hydrogens is 257 g/mol. The van der Waals surface area contributed by atoms with Crippen molar-refractivity contribution in [3.63, 3.8) is 0 Å². The van der Waals surface area contributed by atoms with Gasteiger partial charge in [0.1, 0.15) is 10.7 Å². The van der Waals surface area contributed by atoms with Crippen LogP contribution in [0.15, 0.2) is 23.1 Å². The number of benzene rings is 1. The van der Waals surface area contributed by atoms with Crippen LogP contribution in [0.3, 0.4) is 0 Å². The Morgan fingerprint density at radius 2 is 2.00 bits per heavy atom. The van der Waals surface area contributed by atoms with Crippen LogP contribution in [0.1, 0.15) is 25.8 Å². The lowest BCUT2D eigenvalue weighted by molar-refractivity contribution is 0.281. The van der Waals surface area contributed by atoms with E-state index in [0.717, 1.165) is 6.07 Å². The van der Waals surface area contributed by atoms with Crippen LogP contribution in [0.25, 0.3) is 0 Å². The summed E-state index contributed by atoms with van der Waals surface area (Å²) >= 11 is 0. The van der Waals surface area contributed by atoms with E-state index in [9.17, 15) is 12.8 Å². The van der Waals surface area contributed by atoms with Gasteiger partial charge in [0.25, 0.3) is 0 Å². The van der Waals surface area contributed by atoms with Crippen molar-refractivity contribution in [2.45, 2.75) is 31.8 Å². The molecule has 1 N–H and O–H groups in total. The number of hydrogen-bond acceptors (Lipinski definition) is 3. The highest BCUT2D eigenvalue weighted by Gasteiger charge is 2.25. The SMILES string of the molecule is CCCN(CC)S(=O)(=O)c1ccc(CO)cc1F. The van der Waals surface area contributed by atoms with Gasteiger partial charge in [0.2, 0.25) is 10.0 Å². The van der Waals surface area contributed by atoms with Gasteiger partial charge in [-0.1, -0.05) is 19.9 Å². The summed E-state index contributed by atoms with van der Waals surface area (Å²) in [6.45, 7) is 3.93. The summed E-state index contributed by atoms with van der Waals surface area (Å²) in [7, 11) is -3.79. The maximum absolute atomic E-state index is 13.8. The number of aliphatic hydroxyl groups is 1. The van der Waals surface area contributed by atoms with Gasteiger partial charge in [0.15, 0.2) is 0 Å². The molecule has 0 aliphatic carbocycles. The predicted molar refractivity (Wildman–Crippen MR) is 67.0 cm³/mol. The summed E-state index contributed by atoms with van der Waals surface area (Å²) in [6, 6.07) is 3.66. The Morgan fingerprint density at radius 1 is 1.33 bits per heavy atom. The fourth-order valence-electron chi connectivity index (χ4n) is 1.69. The largest absolute Gasteiger partial charge is 0.392 e. The van der Waals surface area contributed by atoms with E-state index < -0.39 is 15.8 Å². The molecule has 0 atom stereocenters. The first kappa shape index (κ1) is 15.1. The van der Waals surface area contributed by atoms with Crippen LogP contribution in [0.4, 0.5) is 4.39 Å². The molecule has 1 aromatic rings. The average molecular weight is 275 g/mol. The van der Waals surface area contributed by atoms with Crippen molar-refractivity contribution in [3.05, 3.63) is 29.6 Å². The quantitative estimate of drug-likeness (QED) is 0.860. The first-order chi connectivity index (χ1) is 8.47. The summed E-state index contributed by atoms with van der Waals surface area (Å²) in [6.07, 6.45) is 0.670. The molecule has 0 heterocycles. The highest BCUT2D eigenvalue weighted by molar-refractivity contribution is 7.89. The third kappa shape index (κ3) is 3.07. The van der Waals surface area contributed by atoms with Crippen LogP contribution in [0.2, 0.25) is 0 Å². The van der Waals surface area contributed by atoms with Gasteiger partial charge in [0, 0.05) is 13.1 Å². The van der Waals surface area contributed by atoms with Gasteiger partial charge in [-0.25, -0.2) is 12.8 Å². The molecule has 18 heavy (non-hydrogen) atoms. The molecule has 0 amide bonds. The maximum Gasteiger partial charge on any atom is 0.245 e. The number of sulfonamides is 1. The Morgan fingerprint density at radius 3 is 2.44 bits per heavy atom. The monoisotopic (exact) mass is 275 g/mol. The number of halogens is 1. The second kappa shape index (κ2) is 6.26. The minimum absolute atomic E-state index is 0.303. The van der Waals surface area contributed by atoms with Crippen LogP contribution in [0.5, 0.6) is 0 Å². The molecule has 6 heteroatoms. The van der Waals surface area contributed by atoms with Crippen LogP contribution in [-0.2, 0) is 16.6 Å². The van der Waals surface area contributed by atoms with Crippen LogP contribution < -0.4 is 0 Å². The summed E-state index contributed by atoms with van der Waals surface area (Å²) < 4.78 is 39.4. The lowest BCUT2D eigenvalue weighted by atomic mass is 10.2. The summed E-state index contributed by atoms with van der Waals surface area (Å²) in [5.74, 6) is -0.823. The van der Waals surface area contributed by atoms with Crippen LogP contribution in [-0.4, -0.2) is 30.9 Å². The molecule has 4 nitrogen and oxygen atoms in total. The van der Waals surface area contributed by atoms with E-state index in [1.807, 2.05) is 6.92 Å². The number of aliphatic hydroxyl groups excluding tert-OH is 1.